The average molecular weight is 1320 g/mol. The van der Waals surface area contributed by atoms with E-state index in [1.807, 2.05) is 12.1 Å². The highest BCUT2D eigenvalue weighted by Gasteiger charge is 2.30. The third kappa shape index (κ3) is 13.7. The maximum absolute atomic E-state index is 14.9. The van der Waals surface area contributed by atoms with E-state index in [0.717, 1.165) is 50.0 Å². The van der Waals surface area contributed by atoms with Crippen LogP contribution in [0, 0.1) is 11.6 Å². The van der Waals surface area contributed by atoms with Gasteiger partial charge >= 0.3 is 0 Å². The number of ether oxygens (including phenoxy) is 1. The highest BCUT2D eigenvalue weighted by Crippen LogP contribution is 2.35. The van der Waals surface area contributed by atoms with Crippen LogP contribution in [0.4, 0.5) is 60.8 Å². The van der Waals surface area contributed by atoms with Crippen LogP contribution in [-0.2, 0) is 28.8 Å². The molecule has 27 nitrogen and oxygen atoms in total. The Balaban J connectivity index is 0.000000123. The van der Waals surface area contributed by atoms with Gasteiger partial charge in [-0.05, 0) is 99.2 Å². The molecule has 10 aromatic rings. The van der Waals surface area contributed by atoms with E-state index in [1.165, 1.54) is 12.1 Å². The van der Waals surface area contributed by atoms with Crippen LogP contribution in [-0.4, -0.2) is 114 Å². The Hall–Kier alpha value is -11.6. The average Bonchev–Trinajstić information content (AvgIpc) is 1.69. The Kier molecular flexibility index (Phi) is 16.3. The Bertz CT molecular complexity index is 4920. The zero-order valence-corrected chi connectivity index (χ0v) is 51.5. The van der Waals surface area contributed by atoms with Crippen molar-refractivity contribution >= 4 is 146 Å². The van der Waals surface area contributed by atoms with E-state index >= 15 is 0 Å². The van der Waals surface area contributed by atoms with E-state index in [1.54, 1.807) is 129 Å². The molecule has 3 aromatic carbocycles. The number of hydrogen-bond acceptors (Lipinski definition) is 20. The predicted molar refractivity (Wildman–Crippen MR) is 349 cm³/mol. The second kappa shape index (κ2) is 25.5. The second-order valence-corrected chi connectivity index (χ2v) is 23.8. The zero-order chi connectivity index (χ0) is 65.6. The minimum Gasteiger partial charge on any atom is -0.495 e. The number of halogens is 4. The molecule has 0 atom stereocenters. The van der Waals surface area contributed by atoms with E-state index in [-0.39, 0.29) is 59.3 Å². The van der Waals surface area contributed by atoms with Crippen LogP contribution < -0.4 is 52.6 Å². The summed E-state index contributed by atoms with van der Waals surface area (Å²) in [5.41, 5.74) is 6.23. The van der Waals surface area contributed by atoms with Crippen molar-refractivity contribution in [3.63, 3.8) is 0 Å². The maximum Gasteiger partial charge on any atom is 0.254 e. The summed E-state index contributed by atoms with van der Waals surface area (Å²) in [4.78, 5) is 88.3. The number of carbonyl (C=O) groups excluding carboxylic acids is 6. The van der Waals surface area contributed by atoms with Gasteiger partial charge in [-0.1, -0.05) is 29.3 Å². The third-order valence-corrected chi connectivity index (χ3v) is 16.2. The quantitative estimate of drug-likeness (QED) is 0.0303. The van der Waals surface area contributed by atoms with Crippen LogP contribution in [0.5, 0.6) is 5.75 Å². The molecule has 0 bridgehead atoms. The maximum atomic E-state index is 14.9. The molecule has 6 fully saturated rings. The molecule has 0 spiro atoms. The van der Waals surface area contributed by atoms with Crippen LogP contribution in [0.15, 0.2) is 127 Å². The lowest BCUT2D eigenvalue weighted by Crippen LogP contribution is -2.19. The molecule has 3 aliphatic carbocycles. The molecule has 480 valence electrons. The number of fused-ring (bicyclic) bond motifs is 3. The number of nitrogens with one attached hydrogen (secondary N) is 9. The van der Waals surface area contributed by atoms with Crippen LogP contribution in [0.25, 0.3) is 40.9 Å². The fraction of sp³-hybridized carbons (Fsp3) is 0.203. The molecule has 3 aliphatic heterocycles. The Morgan fingerprint density at radius 1 is 0.547 bits per heavy atom. The van der Waals surface area contributed by atoms with Gasteiger partial charge in [0.1, 0.15) is 46.5 Å². The van der Waals surface area contributed by atoms with Crippen molar-refractivity contribution in [3.05, 3.63) is 165 Å². The van der Waals surface area contributed by atoms with Crippen LogP contribution in [0.3, 0.4) is 0 Å². The van der Waals surface area contributed by atoms with Gasteiger partial charge in [0, 0.05) is 99.6 Å². The minimum atomic E-state index is -0.575. The van der Waals surface area contributed by atoms with E-state index in [4.69, 9.17) is 32.9 Å². The second-order valence-electron chi connectivity index (χ2n) is 23.0. The molecule has 31 heteroatoms. The summed E-state index contributed by atoms with van der Waals surface area (Å²) in [6.07, 6.45) is 21.1. The molecule has 9 N–H and O–H groups in total. The summed E-state index contributed by atoms with van der Waals surface area (Å²) in [5.74, 6) is 0.896. The standard InChI is InChI=1S/C23H19FN8O2.C21H19ClN6O3.C20H16ClFN6O2/c24-17-9-16(31-6-5-25-12-31)3-4-18(17)28-19-10-20(27-15-1-2-15)32-22(29-19)14(11-26-32)7-13-8-21(33)30-23(13)34;1-31-16-5-4-14(8-15(16)22)24-17-9-18(25-13-2-3-13)28-20(26-17)12(10-23-28)6-11-7-19(29)27-21(11)30;21-13-2-1-3-14(18(13)22)25-15-8-16(24-12-4-5-12)28-19(26-15)11(9-23-28)6-10-7-17(29)27-20(10)30/h3-7,9-12,15,27H,1-2,8H2,(H,28,29)(H,30,33,34);4-6,8-10,13,25H,2-3,7H2,1H3,(H,24,26)(H,27,29,30);1-3,6,8-9,12,24H,4-5,7H2,(H,25,26)(H,27,29,30)/b13-7+;11-6+;10-6+. The first-order valence-corrected chi connectivity index (χ1v) is 30.7. The van der Waals surface area contributed by atoms with Gasteiger partial charge in [-0.3, -0.25) is 44.7 Å². The molecule has 16 rings (SSSR count). The number of carbonyl (C=O) groups is 6. The lowest BCUT2D eigenvalue weighted by molar-refractivity contribution is -0.125. The zero-order valence-electron chi connectivity index (χ0n) is 50.0. The summed E-state index contributed by atoms with van der Waals surface area (Å²) in [6.45, 7) is 0. The number of imidazole rings is 1. The third-order valence-electron chi connectivity index (χ3n) is 15.6. The van der Waals surface area contributed by atoms with Gasteiger partial charge in [0.15, 0.2) is 22.8 Å². The normalized spacial score (nSPS) is 17.3. The molecular weight excluding hydrogens is 1270 g/mol. The largest absolute Gasteiger partial charge is 0.495 e. The monoisotopic (exact) mass is 1320 g/mol. The number of nitrogens with zero attached hydrogens (tertiary/aromatic N) is 11. The van der Waals surface area contributed by atoms with Crippen LogP contribution in [0.2, 0.25) is 10.0 Å². The number of rotatable bonds is 17. The molecule has 95 heavy (non-hydrogen) atoms. The molecule has 6 amide bonds. The number of anilines is 9. The summed E-state index contributed by atoms with van der Waals surface area (Å²) >= 11 is 12.1. The summed E-state index contributed by atoms with van der Waals surface area (Å²) in [7, 11) is 1.56. The lowest BCUT2D eigenvalue weighted by Gasteiger charge is -2.13. The van der Waals surface area contributed by atoms with Gasteiger partial charge in [-0.15, -0.1) is 0 Å². The summed E-state index contributed by atoms with van der Waals surface area (Å²) < 4.78 is 41.1. The van der Waals surface area contributed by atoms with E-state index in [9.17, 15) is 37.5 Å². The molecular formula is C64H54Cl2F2N20O7. The fourth-order valence-electron chi connectivity index (χ4n) is 10.4. The lowest BCUT2D eigenvalue weighted by atomic mass is 10.1. The van der Waals surface area contributed by atoms with Crippen molar-refractivity contribution in [3.8, 4) is 11.4 Å². The van der Waals surface area contributed by atoms with Crippen molar-refractivity contribution in [2.45, 2.75) is 75.9 Å². The Labute approximate surface area is 546 Å². The fourth-order valence-corrected chi connectivity index (χ4v) is 10.9. The Morgan fingerprint density at radius 2 is 1.01 bits per heavy atom. The smallest absolute Gasteiger partial charge is 0.254 e. The van der Waals surface area contributed by atoms with Crippen molar-refractivity contribution < 1.29 is 42.3 Å². The molecule has 6 aliphatic rings. The molecule has 10 heterocycles. The number of imide groups is 3. The molecule has 0 unspecified atom stereocenters. The molecule has 7 aromatic heterocycles. The van der Waals surface area contributed by atoms with Gasteiger partial charge in [-0.25, -0.2) is 28.7 Å². The van der Waals surface area contributed by atoms with Gasteiger partial charge < -0.3 is 41.2 Å². The van der Waals surface area contributed by atoms with Crippen molar-refractivity contribution in [2.24, 2.45) is 0 Å². The van der Waals surface area contributed by atoms with Crippen molar-refractivity contribution in [2.75, 3.05) is 39.0 Å². The first-order chi connectivity index (χ1) is 46.0. The van der Waals surface area contributed by atoms with Gasteiger partial charge in [0.25, 0.3) is 17.7 Å². The van der Waals surface area contributed by atoms with E-state index in [2.05, 4.69) is 78.1 Å². The number of benzene rings is 3. The molecule has 3 saturated carbocycles. The minimum absolute atomic E-state index is 0.00379. The first-order valence-electron chi connectivity index (χ1n) is 30.0. The van der Waals surface area contributed by atoms with Gasteiger partial charge in [0.2, 0.25) is 17.7 Å². The predicted octanol–water partition coefficient (Wildman–Crippen LogP) is 9.21. The summed E-state index contributed by atoms with van der Waals surface area (Å²) in [6, 6.07) is 21.3. The highest BCUT2D eigenvalue weighted by atomic mass is 35.5. The number of methoxy groups -OCH3 is 1. The first kappa shape index (κ1) is 60.9. The van der Waals surface area contributed by atoms with Crippen LogP contribution >= 0.6 is 23.2 Å². The number of aromatic nitrogens is 11. The van der Waals surface area contributed by atoms with Gasteiger partial charge in [-0.2, -0.15) is 28.8 Å². The molecule has 0 radical (unpaired) electrons. The van der Waals surface area contributed by atoms with Crippen molar-refractivity contribution in [1.29, 1.82) is 0 Å². The van der Waals surface area contributed by atoms with Crippen molar-refractivity contribution in [1.82, 2.24) is 69.3 Å². The molecule has 3 saturated heterocycles. The number of hydrogen-bond donors (Lipinski definition) is 9. The van der Waals surface area contributed by atoms with Crippen LogP contribution in [0.1, 0.15) is 74.5 Å². The topological polar surface area (TPSA) is 328 Å². The Morgan fingerprint density at radius 3 is 1.41 bits per heavy atom. The van der Waals surface area contributed by atoms with E-state index < -0.39 is 23.4 Å². The summed E-state index contributed by atoms with van der Waals surface area (Å²) in [5, 5.41) is 40.0. The SMILES string of the molecule is COc1ccc(Nc2cc(NC3CC3)n3ncc(/C=C4\CC(=O)NC4=O)c3n2)cc1Cl.O=C1C/C(=C\c2cnn3c(NC4CC4)cc(Nc4ccc(-n5ccnc5)cc4F)nc23)C(=O)N1.O=C1C/C(=C\c2cnn3c(NC4CC4)cc(Nc4cccc(Cl)c4F)nc23)C(=O)N1. The number of amides is 6. The highest BCUT2D eigenvalue weighted by molar-refractivity contribution is 6.32. The van der Waals surface area contributed by atoms with E-state index in [0.29, 0.717) is 114 Å². The van der Waals surface area contributed by atoms with Gasteiger partial charge in [0.05, 0.1) is 72.7 Å².